The fourth-order valence-corrected chi connectivity index (χ4v) is 3.23. The van der Waals surface area contributed by atoms with Crippen LogP contribution in [0.25, 0.3) is 0 Å². The maximum atomic E-state index is 12.0. The molecule has 2 N–H and O–H groups in total. The van der Waals surface area contributed by atoms with Crippen molar-refractivity contribution in [2.45, 2.75) is 77.6 Å². The van der Waals surface area contributed by atoms with Crippen molar-refractivity contribution in [1.82, 2.24) is 10.6 Å². The molecule has 0 spiro atoms. The Morgan fingerprint density at radius 2 is 1.84 bits per heavy atom. The maximum absolute atomic E-state index is 12.0. The first-order valence-electron chi connectivity index (χ1n) is 9.27. The molecule has 140 valence electrons. The van der Waals surface area contributed by atoms with Crippen LogP contribution in [0, 0.1) is 0 Å². The Balaban J connectivity index is 1.90. The van der Waals surface area contributed by atoms with Gasteiger partial charge in [-0.25, -0.2) is 4.79 Å². The number of benzene rings is 1. The molecule has 1 aromatic rings. The zero-order chi connectivity index (χ0) is 18.4. The van der Waals surface area contributed by atoms with E-state index in [0.717, 1.165) is 25.0 Å². The van der Waals surface area contributed by atoms with E-state index in [0.29, 0.717) is 6.61 Å². The molecule has 5 heteroatoms. The zero-order valence-corrected chi connectivity index (χ0v) is 16.1. The quantitative estimate of drug-likeness (QED) is 0.809. The van der Waals surface area contributed by atoms with Gasteiger partial charge in [-0.2, -0.15) is 0 Å². The van der Waals surface area contributed by atoms with Crippen molar-refractivity contribution >= 4 is 6.09 Å². The van der Waals surface area contributed by atoms with Gasteiger partial charge in [0.05, 0.1) is 6.61 Å². The minimum Gasteiger partial charge on any atom is -0.494 e. The van der Waals surface area contributed by atoms with E-state index < -0.39 is 5.60 Å². The largest absolute Gasteiger partial charge is 0.494 e. The lowest BCUT2D eigenvalue weighted by Gasteiger charge is -2.27. The van der Waals surface area contributed by atoms with E-state index in [-0.39, 0.29) is 24.2 Å². The van der Waals surface area contributed by atoms with Gasteiger partial charge in [0, 0.05) is 18.1 Å². The zero-order valence-electron chi connectivity index (χ0n) is 16.1. The molecule has 2 rings (SSSR count). The summed E-state index contributed by atoms with van der Waals surface area (Å²) in [6.07, 6.45) is 2.81. The molecule has 1 saturated carbocycles. The highest BCUT2D eigenvalue weighted by Crippen LogP contribution is 2.24. The van der Waals surface area contributed by atoms with Crippen LogP contribution < -0.4 is 15.4 Å². The number of carbonyl (C=O) groups is 1. The predicted octanol–water partition coefficient (Wildman–Crippen LogP) is 4.18. The lowest BCUT2D eigenvalue weighted by Crippen LogP contribution is -2.48. The van der Waals surface area contributed by atoms with Crippen molar-refractivity contribution < 1.29 is 14.3 Å². The molecular formula is C20H32N2O3. The molecule has 0 aromatic heterocycles. The van der Waals surface area contributed by atoms with Crippen molar-refractivity contribution in [3.8, 4) is 5.75 Å². The molecule has 0 bridgehead atoms. The fraction of sp³-hybridized carbons (Fsp3) is 0.650. The van der Waals surface area contributed by atoms with Crippen molar-refractivity contribution in [2.75, 3.05) is 6.61 Å². The van der Waals surface area contributed by atoms with E-state index in [1.165, 1.54) is 5.56 Å². The molecule has 5 nitrogen and oxygen atoms in total. The van der Waals surface area contributed by atoms with Crippen LogP contribution in [0.1, 0.15) is 65.5 Å². The third-order valence-electron chi connectivity index (χ3n) is 4.37. The highest BCUT2D eigenvalue weighted by Gasteiger charge is 2.31. The lowest BCUT2D eigenvalue weighted by molar-refractivity contribution is 0.0497. The Labute approximate surface area is 151 Å². The van der Waals surface area contributed by atoms with Crippen molar-refractivity contribution in [3.63, 3.8) is 0 Å². The van der Waals surface area contributed by atoms with E-state index in [2.05, 4.69) is 29.7 Å². The molecule has 0 radical (unpaired) electrons. The van der Waals surface area contributed by atoms with E-state index in [9.17, 15) is 4.79 Å². The molecule has 0 saturated heterocycles. The Morgan fingerprint density at radius 3 is 2.44 bits per heavy atom. The van der Waals surface area contributed by atoms with Crippen molar-refractivity contribution in [1.29, 1.82) is 0 Å². The Hall–Kier alpha value is -1.75. The standard InChI is InChI=1S/C20H32N2O3/c1-6-24-16-12-10-15(11-13-16)14(2)21-17-8-7-9-18(17)22-19(23)25-20(3,4)5/h10-14,17-18,21H,6-9H2,1-5H3,(H,22,23). The highest BCUT2D eigenvalue weighted by molar-refractivity contribution is 5.68. The second-order valence-corrected chi connectivity index (χ2v) is 7.68. The first-order chi connectivity index (χ1) is 11.8. The van der Waals surface area contributed by atoms with Crippen LogP contribution in [0.15, 0.2) is 24.3 Å². The third-order valence-corrected chi connectivity index (χ3v) is 4.37. The van der Waals surface area contributed by atoms with Crippen LogP contribution in [0.2, 0.25) is 0 Å². The molecule has 1 aromatic carbocycles. The van der Waals surface area contributed by atoms with E-state index >= 15 is 0 Å². The van der Waals surface area contributed by atoms with E-state index in [1.807, 2.05) is 39.8 Å². The topological polar surface area (TPSA) is 59.6 Å². The summed E-state index contributed by atoms with van der Waals surface area (Å²) in [6, 6.07) is 8.77. The van der Waals surface area contributed by atoms with Gasteiger partial charge in [0.2, 0.25) is 0 Å². The molecular weight excluding hydrogens is 316 g/mol. The predicted molar refractivity (Wildman–Crippen MR) is 100.0 cm³/mol. The molecule has 3 atom stereocenters. The Kier molecular flexibility index (Phi) is 6.71. The van der Waals surface area contributed by atoms with Crippen LogP contribution in [-0.4, -0.2) is 30.4 Å². The van der Waals surface area contributed by atoms with E-state index in [1.54, 1.807) is 0 Å². The smallest absolute Gasteiger partial charge is 0.407 e. The molecule has 1 fully saturated rings. The van der Waals surface area contributed by atoms with Gasteiger partial charge in [-0.3, -0.25) is 0 Å². The molecule has 0 aliphatic heterocycles. The van der Waals surface area contributed by atoms with Gasteiger partial charge in [-0.1, -0.05) is 12.1 Å². The fourth-order valence-electron chi connectivity index (χ4n) is 3.23. The van der Waals surface area contributed by atoms with Gasteiger partial charge >= 0.3 is 6.09 Å². The number of hydrogen-bond donors (Lipinski definition) is 2. The molecule has 0 heterocycles. The summed E-state index contributed by atoms with van der Waals surface area (Å²) in [4.78, 5) is 12.0. The number of rotatable bonds is 6. The van der Waals surface area contributed by atoms with Gasteiger partial charge in [0.15, 0.2) is 0 Å². The summed E-state index contributed by atoms with van der Waals surface area (Å²) in [6.45, 7) is 10.4. The van der Waals surface area contributed by atoms with Gasteiger partial charge < -0.3 is 20.1 Å². The highest BCUT2D eigenvalue weighted by atomic mass is 16.6. The van der Waals surface area contributed by atoms with Crippen LogP contribution >= 0.6 is 0 Å². The monoisotopic (exact) mass is 348 g/mol. The van der Waals surface area contributed by atoms with Crippen LogP contribution in [-0.2, 0) is 4.74 Å². The normalized spacial score (nSPS) is 21.6. The second-order valence-electron chi connectivity index (χ2n) is 7.68. The summed E-state index contributed by atoms with van der Waals surface area (Å²) in [7, 11) is 0. The van der Waals surface area contributed by atoms with Crippen molar-refractivity contribution in [2.24, 2.45) is 0 Å². The van der Waals surface area contributed by atoms with Crippen LogP contribution in [0.5, 0.6) is 5.75 Å². The number of ether oxygens (including phenoxy) is 2. The first kappa shape index (κ1) is 19.6. The van der Waals surface area contributed by atoms with E-state index in [4.69, 9.17) is 9.47 Å². The summed E-state index contributed by atoms with van der Waals surface area (Å²) in [5.41, 5.74) is 0.743. The number of nitrogens with one attached hydrogen (secondary N) is 2. The summed E-state index contributed by atoms with van der Waals surface area (Å²) in [5, 5.41) is 6.68. The van der Waals surface area contributed by atoms with Crippen molar-refractivity contribution in [3.05, 3.63) is 29.8 Å². The molecule has 1 aliphatic rings. The first-order valence-corrected chi connectivity index (χ1v) is 9.27. The number of amides is 1. The average molecular weight is 348 g/mol. The van der Waals surface area contributed by atoms with Gasteiger partial charge in [0.25, 0.3) is 0 Å². The maximum Gasteiger partial charge on any atom is 0.407 e. The lowest BCUT2D eigenvalue weighted by atomic mass is 10.1. The Morgan fingerprint density at radius 1 is 1.20 bits per heavy atom. The number of alkyl carbamates (subject to hydrolysis) is 1. The molecule has 3 unspecified atom stereocenters. The number of hydrogen-bond acceptors (Lipinski definition) is 4. The Bertz CT molecular complexity index is 551. The summed E-state index contributed by atoms with van der Waals surface area (Å²) >= 11 is 0. The third kappa shape index (κ3) is 6.24. The molecule has 1 amide bonds. The minimum atomic E-state index is -0.471. The number of carbonyl (C=O) groups excluding carboxylic acids is 1. The summed E-state index contributed by atoms with van der Waals surface area (Å²) in [5.74, 6) is 0.892. The minimum absolute atomic E-state index is 0.111. The molecule has 25 heavy (non-hydrogen) atoms. The molecule has 1 aliphatic carbocycles. The van der Waals surface area contributed by atoms with Gasteiger partial charge in [-0.05, 0) is 71.6 Å². The second kappa shape index (κ2) is 8.56. The van der Waals surface area contributed by atoms with Gasteiger partial charge in [-0.15, -0.1) is 0 Å². The van der Waals surface area contributed by atoms with Crippen LogP contribution in [0.4, 0.5) is 4.79 Å². The average Bonchev–Trinajstić information content (AvgIpc) is 2.93. The van der Waals surface area contributed by atoms with Gasteiger partial charge in [0.1, 0.15) is 11.4 Å². The van der Waals surface area contributed by atoms with Crippen LogP contribution in [0.3, 0.4) is 0 Å². The summed E-state index contributed by atoms with van der Waals surface area (Å²) < 4.78 is 10.9. The SMILES string of the molecule is CCOc1ccc(C(C)NC2CCCC2NC(=O)OC(C)(C)C)cc1.